The van der Waals surface area contributed by atoms with Crippen LogP contribution in [0.15, 0.2) is 24.7 Å². The van der Waals surface area contributed by atoms with E-state index in [1.165, 1.54) is 6.33 Å². The summed E-state index contributed by atoms with van der Waals surface area (Å²) in [5.41, 5.74) is 0.972. The van der Waals surface area contributed by atoms with E-state index in [-0.39, 0.29) is 0 Å². The van der Waals surface area contributed by atoms with Gasteiger partial charge in [0.25, 0.3) is 0 Å². The minimum atomic E-state index is -0.495. The molecule has 1 N–H and O–H groups in total. The molecule has 0 aromatic carbocycles. The van der Waals surface area contributed by atoms with Crippen LogP contribution in [0.2, 0.25) is 0 Å². The Labute approximate surface area is 118 Å². The van der Waals surface area contributed by atoms with Crippen LogP contribution >= 0.6 is 0 Å². The monoisotopic (exact) mass is 276 g/mol. The maximum Gasteiger partial charge on any atom is 0.212 e. The topological polar surface area (TPSA) is 73.1 Å². The number of rotatable bonds is 7. The third-order valence-corrected chi connectivity index (χ3v) is 3.03. The van der Waals surface area contributed by atoms with Crippen LogP contribution in [0.5, 0.6) is 5.88 Å². The van der Waals surface area contributed by atoms with Crippen molar-refractivity contribution in [3.63, 3.8) is 0 Å². The Bertz CT molecular complexity index is 524. The number of hydrogen-bond donors (Lipinski definition) is 1. The number of ether oxygens (including phenoxy) is 1. The van der Waals surface area contributed by atoms with Crippen LogP contribution in [0.1, 0.15) is 24.7 Å². The van der Waals surface area contributed by atoms with Crippen LogP contribution in [0.3, 0.4) is 0 Å². The predicted octanol–water partition coefficient (Wildman–Crippen LogP) is 1.24. The molecule has 0 aliphatic rings. The highest BCUT2D eigenvalue weighted by Crippen LogP contribution is 2.10. The summed E-state index contributed by atoms with van der Waals surface area (Å²) in [6, 6.07) is 3.70. The summed E-state index contributed by atoms with van der Waals surface area (Å²) in [7, 11) is 1.58. The second-order valence-electron chi connectivity index (χ2n) is 4.67. The number of aryl methyl sites for hydroxylation is 1. The van der Waals surface area contributed by atoms with Gasteiger partial charge in [0.2, 0.25) is 5.88 Å². The van der Waals surface area contributed by atoms with Crippen molar-refractivity contribution in [2.24, 2.45) is 0 Å². The first-order chi connectivity index (χ1) is 9.72. The highest BCUT2D eigenvalue weighted by atomic mass is 16.5. The molecular formula is C14H20N4O2. The van der Waals surface area contributed by atoms with Gasteiger partial charge in [-0.1, -0.05) is 13.0 Å². The van der Waals surface area contributed by atoms with E-state index in [9.17, 15) is 5.11 Å². The molecule has 1 atom stereocenters. The van der Waals surface area contributed by atoms with Gasteiger partial charge in [-0.3, -0.25) is 4.68 Å². The van der Waals surface area contributed by atoms with Crippen molar-refractivity contribution in [3.8, 4) is 5.88 Å². The highest BCUT2D eigenvalue weighted by molar-refractivity contribution is 5.18. The molecule has 2 aromatic rings. The lowest BCUT2D eigenvalue weighted by atomic mass is 10.1. The quantitative estimate of drug-likeness (QED) is 0.823. The maximum atomic E-state index is 10.2. The first-order valence-electron chi connectivity index (χ1n) is 6.76. The number of hydrogen-bond acceptors (Lipinski definition) is 5. The molecule has 0 saturated heterocycles. The summed E-state index contributed by atoms with van der Waals surface area (Å²) in [5.74, 6) is 1.40. The molecule has 2 rings (SSSR count). The summed E-state index contributed by atoms with van der Waals surface area (Å²) < 4.78 is 6.85. The van der Waals surface area contributed by atoms with Crippen molar-refractivity contribution in [1.29, 1.82) is 0 Å². The van der Waals surface area contributed by atoms with Crippen molar-refractivity contribution in [3.05, 3.63) is 36.0 Å². The first-order valence-corrected chi connectivity index (χ1v) is 6.76. The van der Waals surface area contributed by atoms with Gasteiger partial charge in [-0.05, 0) is 12.0 Å². The van der Waals surface area contributed by atoms with Gasteiger partial charge in [0.05, 0.1) is 13.2 Å². The molecule has 20 heavy (non-hydrogen) atoms. The van der Waals surface area contributed by atoms with Crippen molar-refractivity contribution in [2.75, 3.05) is 7.11 Å². The third kappa shape index (κ3) is 3.77. The number of methoxy groups -OCH3 is 1. The van der Waals surface area contributed by atoms with Crippen LogP contribution < -0.4 is 4.74 Å². The Morgan fingerprint density at radius 1 is 1.30 bits per heavy atom. The molecule has 0 aliphatic heterocycles. The van der Waals surface area contributed by atoms with Gasteiger partial charge in [0.15, 0.2) is 0 Å². The number of aromatic nitrogens is 4. The molecule has 2 heterocycles. The molecule has 6 heteroatoms. The average Bonchev–Trinajstić information content (AvgIpc) is 2.87. The zero-order valence-electron chi connectivity index (χ0n) is 11.9. The molecular weight excluding hydrogens is 256 g/mol. The van der Waals surface area contributed by atoms with E-state index in [1.807, 2.05) is 10.7 Å². The van der Waals surface area contributed by atoms with Gasteiger partial charge in [-0.2, -0.15) is 5.10 Å². The van der Waals surface area contributed by atoms with Gasteiger partial charge in [0, 0.05) is 31.6 Å². The van der Waals surface area contributed by atoms with Gasteiger partial charge in [-0.15, -0.1) is 0 Å². The highest BCUT2D eigenvalue weighted by Gasteiger charge is 2.12. The number of nitrogens with zero attached hydrogens (tertiary/aromatic N) is 4. The van der Waals surface area contributed by atoms with Crippen molar-refractivity contribution in [2.45, 2.75) is 38.8 Å². The van der Waals surface area contributed by atoms with Crippen LogP contribution in [0, 0.1) is 0 Å². The largest absolute Gasteiger partial charge is 0.481 e. The molecule has 0 fully saturated rings. The average molecular weight is 276 g/mol. The number of pyridine rings is 1. The zero-order valence-corrected chi connectivity index (χ0v) is 11.9. The van der Waals surface area contributed by atoms with Crippen LogP contribution in [0.25, 0.3) is 0 Å². The molecule has 0 radical (unpaired) electrons. The van der Waals surface area contributed by atoms with Gasteiger partial charge >= 0.3 is 0 Å². The van der Waals surface area contributed by atoms with Gasteiger partial charge in [-0.25, -0.2) is 9.97 Å². The standard InChI is InChI=1S/C14H20N4O2/c1-3-6-18-13(16-10-17-18)8-12(19)7-11-4-5-14(20-2)15-9-11/h4-5,9-10,12,19H,3,6-8H2,1-2H3. The molecule has 0 aliphatic carbocycles. The van der Waals surface area contributed by atoms with E-state index in [0.29, 0.717) is 18.7 Å². The second kappa shape index (κ2) is 7.00. The van der Waals surface area contributed by atoms with Crippen molar-refractivity contribution < 1.29 is 9.84 Å². The van der Waals surface area contributed by atoms with Crippen LogP contribution in [-0.2, 0) is 19.4 Å². The molecule has 6 nitrogen and oxygen atoms in total. The minimum absolute atomic E-state index is 0.492. The van der Waals surface area contributed by atoms with Crippen molar-refractivity contribution >= 4 is 0 Å². The third-order valence-electron chi connectivity index (χ3n) is 3.03. The lowest BCUT2D eigenvalue weighted by Gasteiger charge is -2.11. The Balaban J connectivity index is 1.94. The Hall–Kier alpha value is -1.95. The SMILES string of the molecule is CCCn1ncnc1CC(O)Cc1ccc(OC)nc1. The normalized spacial score (nSPS) is 12.3. The first kappa shape index (κ1) is 14.5. The Morgan fingerprint density at radius 2 is 2.15 bits per heavy atom. The fourth-order valence-electron chi connectivity index (χ4n) is 2.05. The van der Waals surface area contributed by atoms with Crippen molar-refractivity contribution in [1.82, 2.24) is 19.7 Å². The lowest BCUT2D eigenvalue weighted by Crippen LogP contribution is -2.18. The molecule has 2 aromatic heterocycles. The van der Waals surface area contributed by atoms with Crippen LogP contribution in [-0.4, -0.2) is 38.1 Å². The molecule has 0 spiro atoms. The molecule has 108 valence electrons. The summed E-state index contributed by atoms with van der Waals surface area (Å²) >= 11 is 0. The summed E-state index contributed by atoms with van der Waals surface area (Å²) in [4.78, 5) is 8.33. The van der Waals surface area contributed by atoms with E-state index >= 15 is 0 Å². The zero-order chi connectivity index (χ0) is 14.4. The van der Waals surface area contributed by atoms with Crippen LogP contribution in [0.4, 0.5) is 0 Å². The van der Waals surface area contributed by atoms with E-state index in [1.54, 1.807) is 19.4 Å². The fourth-order valence-corrected chi connectivity index (χ4v) is 2.05. The lowest BCUT2D eigenvalue weighted by molar-refractivity contribution is 0.171. The summed E-state index contributed by atoms with van der Waals surface area (Å²) in [5, 5.41) is 14.3. The Kier molecular flexibility index (Phi) is 5.06. The number of aliphatic hydroxyl groups excluding tert-OH is 1. The van der Waals surface area contributed by atoms with E-state index in [0.717, 1.165) is 24.4 Å². The molecule has 0 bridgehead atoms. The predicted molar refractivity (Wildman–Crippen MR) is 74.5 cm³/mol. The number of aliphatic hydroxyl groups is 1. The molecule has 0 saturated carbocycles. The maximum absolute atomic E-state index is 10.2. The summed E-state index contributed by atoms with van der Waals surface area (Å²) in [6.45, 7) is 2.91. The van der Waals surface area contributed by atoms with E-state index in [2.05, 4.69) is 22.0 Å². The minimum Gasteiger partial charge on any atom is -0.481 e. The Morgan fingerprint density at radius 3 is 2.80 bits per heavy atom. The van der Waals surface area contributed by atoms with Gasteiger partial charge < -0.3 is 9.84 Å². The van der Waals surface area contributed by atoms with E-state index in [4.69, 9.17) is 4.74 Å². The smallest absolute Gasteiger partial charge is 0.212 e. The van der Waals surface area contributed by atoms with Gasteiger partial charge in [0.1, 0.15) is 12.2 Å². The second-order valence-corrected chi connectivity index (χ2v) is 4.67. The summed E-state index contributed by atoms with van der Waals surface area (Å²) in [6.07, 6.45) is 4.78. The fraction of sp³-hybridized carbons (Fsp3) is 0.500. The van der Waals surface area contributed by atoms with E-state index < -0.39 is 6.10 Å². The molecule has 0 amide bonds. The molecule has 1 unspecified atom stereocenters.